The SMILES string of the molecule is CC(C)=C1NC(=O)C(CC2(O)c3ccccc3N3C(=O)C(C(C)C)NC32)n2c1nc1ccccc1c2=O. The van der Waals surface area contributed by atoms with Gasteiger partial charge in [-0.3, -0.25) is 29.2 Å². The zero-order chi connectivity index (χ0) is 26.2. The highest BCUT2D eigenvalue weighted by Gasteiger charge is 2.59. The first-order chi connectivity index (χ1) is 17.6. The van der Waals surface area contributed by atoms with E-state index in [0.717, 1.165) is 5.57 Å². The Morgan fingerprint density at radius 3 is 2.51 bits per heavy atom. The Kier molecular flexibility index (Phi) is 5.15. The fourth-order valence-corrected chi connectivity index (χ4v) is 5.92. The highest BCUT2D eigenvalue weighted by atomic mass is 16.3. The Hall–Kier alpha value is -3.82. The van der Waals surface area contributed by atoms with Gasteiger partial charge in [0.1, 0.15) is 17.8 Å². The molecule has 4 atom stereocenters. The van der Waals surface area contributed by atoms with Gasteiger partial charge in [-0.15, -0.1) is 0 Å². The van der Waals surface area contributed by atoms with E-state index in [1.54, 1.807) is 41.3 Å². The number of anilines is 1. The van der Waals surface area contributed by atoms with Gasteiger partial charge in [0, 0.05) is 12.0 Å². The van der Waals surface area contributed by atoms with Gasteiger partial charge in [-0.1, -0.05) is 44.2 Å². The predicted octanol–water partition coefficient (Wildman–Crippen LogP) is 2.40. The average molecular weight is 500 g/mol. The van der Waals surface area contributed by atoms with E-state index in [1.165, 1.54) is 4.57 Å². The molecule has 2 amide bonds. The first-order valence-corrected chi connectivity index (χ1v) is 12.5. The Labute approximate surface area is 213 Å². The fourth-order valence-electron chi connectivity index (χ4n) is 5.92. The van der Waals surface area contributed by atoms with Crippen molar-refractivity contribution in [3.05, 3.63) is 75.8 Å². The monoisotopic (exact) mass is 499 g/mol. The highest BCUT2D eigenvalue weighted by Crippen LogP contribution is 2.50. The van der Waals surface area contributed by atoms with Gasteiger partial charge in [0.2, 0.25) is 11.8 Å². The molecule has 4 unspecified atom stereocenters. The molecule has 1 aromatic heterocycles. The zero-order valence-corrected chi connectivity index (χ0v) is 21.1. The molecule has 3 aliphatic rings. The maximum Gasteiger partial charge on any atom is 0.262 e. The molecule has 0 bridgehead atoms. The molecule has 0 radical (unpaired) electrons. The van der Waals surface area contributed by atoms with Gasteiger partial charge >= 0.3 is 0 Å². The number of nitrogens with zero attached hydrogens (tertiary/aromatic N) is 3. The zero-order valence-electron chi connectivity index (χ0n) is 21.1. The lowest BCUT2D eigenvalue weighted by Crippen LogP contribution is -2.53. The Balaban J connectivity index is 1.54. The van der Waals surface area contributed by atoms with Gasteiger partial charge in [0.05, 0.1) is 28.3 Å². The Bertz CT molecular complexity index is 1570. The number of fused-ring (bicyclic) bond motifs is 5. The molecule has 3 aromatic rings. The third-order valence-electron chi connectivity index (χ3n) is 7.75. The normalized spacial score (nSPS) is 26.4. The number of nitrogens with one attached hydrogen (secondary N) is 2. The smallest absolute Gasteiger partial charge is 0.262 e. The summed E-state index contributed by atoms with van der Waals surface area (Å²) in [6.07, 6.45) is -0.888. The van der Waals surface area contributed by atoms with Crippen LogP contribution in [0, 0.1) is 5.92 Å². The average Bonchev–Trinajstić information content (AvgIpc) is 3.34. The molecule has 0 saturated carbocycles. The predicted molar refractivity (Wildman–Crippen MR) is 139 cm³/mol. The van der Waals surface area contributed by atoms with Gasteiger partial charge in [-0.25, -0.2) is 4.98 Å². The van der Waals surface area contributed by atoms with Crippen molar-refractivity contribution in [2.24, 2.45) is 5.92 Å². The standard InChI is InChI=1S/C28H29N5O4/c1-14(2)21-23-29-18-11-7-5-9-16(18)25(35)32(23)20(24(34)30-21)13-28(37)17-10-6-8-12-19(17)33-26(36)22(15(3)4)31-27(28)33/h5-12,15,20,22,27,31,37H,13H2,1-4H3,(H,30,34). The summed E-state index contributed by atoms with van der Waals surface area (Å²) in [7, 11) is 0. The number of carbonyl (C=O) groups excluding carboxylic acids is 2. The van der Waals surface area contributed by atoms with Crippen molar-refractivity contribution in [3.63, 3.8) is 0 Å². The molecular weight excluding hydrogens is 470 g/mol. The number of benzene rings is 2. The van der Waals surface area contributed by atoms with E-state index in [9.17, 15) is 19.5 Å². The summed E-state index contributed by atoms with van der Waals surface area (Å²) in [6, 6.07) is 12.7. The first-order valence-electron chi connectivity index (χ1n) is 12.5. The third kappa shape index (κ3) is 3.24. The van der Waals surface area contributed by atoms with E-state index in [1.807, 2.05) is 39.8 Å². The first kappa shape index (κ1) is 23.6. The number of para-hydroxylation sites is 2. The molecule has 190 valence electrons. The molecule has 37 heavy (non-hydrogen) atoms. The second-order valence-electron chi connectivity index (χ2n) is 10.7. The summed E-state index contributed by atoms with van der Waals surface area (Å²) in [5.41, 5.74) is 1.02. The second kappa shape index (κ2) is 8.09. The molecular formula is C28H29N5O4. The highest BCUT2D eigenvalue weighted by molar-refractivity contribution is 6.03. The molecule has 0 spiro atoms. The van der Waals surface area contributed by atoms with Crippen molar-refractivity contribution in [3.8, 4) is 0 Å². The van der Waals surface area contributed by atoms with Crippen molar-refractivity contribution in [1.29, 1.82) is 0 Å². The van der Waals surface area contributed by atoms with Crippen LogP contribution in [0.4, 0.5) is 5.69 Å². The van der Waals surface area contributed by atoms with Crippen LogP contribution < -0.4 is 21.1 Å². The van der Waals surface area contributed by atoms with E-state index in [2.05, 4.69) is 10.6 Å². The molecule has 1 fully saturated rings. The Morgan fingerprint density at radius 2 is 1.78 bits per heavy atom. The van der Waals surface area contributed by atoms with Gasteiger partial charge in [0.15, 0.2) is 5.82 Å². The van der Waals surface area contributed by atoms with E-state index >= 15 is 0 Å². The van der Waals surface area contributed by atoms with Gasteiger partial charge in [-0.2, -0.15) is 0 Å². The molecule has 6 rings (SSSR count). The summed E-state index contributed by atoms with van der Waals surface area (Å²) in [5, 5.41) is 19.0. The molecule has 3 N–H and O–H groups in total. The minimum atomic E-state index is -1.62. The molecule has 0 aliphatic carbocycles. The lowest BCUT2D eigenvalue weighted by molar-refractivity contribution is -0.126. The van der Waals surface area contributed by atoms with Crippen molar-refractivity contribution in [2.75, 3.05) is 4.90 Å². The molecule has 9 nitrogen and oxygen atoms in total. The summed E-state index contributed by atoms with van der Waals surface area (Å²) >= 11 is 0. The maximum absolute atomic E-state index is 13.8. The Morgan fingerprint density at radius 1 is 1.08 bits per heavy atom. The summed E-state index contributed by atoms with van der Waals surface area (Å²) in [5.74, 6) is -0.160. The number of aliphatic hydroxyl groups is 1. The lowest BCUT2D eigenvalue weighted by atomic mass is 9.85. The number of hydrogen-bond donors (Lipinski definition) is 3. The van der Waals surface area contributed by atoms with Crippen LogP contribution >= 0.6 is 0 Å². The molecule has 3 aliphatic heterocycles. The number of amides is 2. The quantitative estimate of drug-likeness (QED) is 0.510. The minimum absolute atomic E-state index is 0.00614. The van der Waals surface area contributed by atoms with Gasteiger partial charge in [0.25, 0.3) is 5.56 Å². The van der Waals surface area contributed by atoms with Gasteiger partial charge in [-0.05, 0) is 43.5 Å². The molecule has 9 heteroatoms. The van der Waals surface area contributed by atoms with Crippen LogP contribution in [-0.4, -0.2) is 38.7 Å². The second-order valence-corrected chi connectivity index (χ2v) is 10.7. The summed E-state index contributed by atoms with van der Waals surface area (Å²) in [6.45, 7) is 7.59. The van der Waals surface area contributed by atoms with Crippen LogP contribution in [0.1, 0.15) is 51.5 Å². The van der Waals surface area contributed by atoms with Crippen molar-refractivity contribution < 1.29 is 14.7 Å². The van der Waals surface area contributed by atoms with E-state index in [4.69, 9.17) is 4.98 Å². The largest absolute Gasteiger partial charge is 0.381 e. The van der Waals surface area contributed by atoms with Crippen molar-refractivity contribution >= 4 is 34.1 Å². The van der Waals surface area contributed by atoms with E-state index in [-0.39, 0.29) is 23.8 Å². The summed E-state index contributed by atoms with van der Waals surface area (Å²) in [4.78, 5) is 47.1. The van der Waals surface area contributed by atoms with E-state index < -0.39 is 29.8 Å². The van der Waals surface area contributed by atoms with Gasteiger partial charge < -0.3 is 10.4 Å². The van der Waals surface area contributed by atoms with Crippen molar-refractivity contribution in [2.45, 2.75) is 58.0 Å². The maximum atomic E-state index is 13.8. The number of rotatable bonds is 3. The number of carbonyl (C=O) groups is 2. The number of allylic oxidation sites excluding steroid dienone is 1. The molecule has 2 aromatic carbocycles. The minimum Gasteiger partial charge on any atom is -0.381 e. The third-order valence-corrected chi connectivity index (χ3v) is 7.75. The van der Waals surface area contributed by atoms with Crippen LogP contribution in [0.25, 0.3) is 16.6 Å². The number of hydrogen-bond acceptors (Lipinski definition) is 6. The van der Waals surface area contributed by atoms with Crippen LogP contribution in [0.2, 0.25) is 0 Å². The summed E-state index contributed by atoms with van der Waals surface area (Å²) < 4.78 is 1.41. The topological polar surface area (TPSA) is 117 Å². The van der Waals surface area contributed by atoms with Crippen LogP contribution in [0.5, 0.6) is 0 Å². The van der Waals surface area contributed by atoms with Crippen LogP contribution in [0.15, 0.2) is 58.9 Å². The van der Waals surface area contributed by atoms with Crippen LogP contribution in [-0.2, 0) is 15.2 Å². The van der Waals surface area contributed by atoms with E-state index in [0.29, 0.717) is 33.7 Å². The molecule has 1 saturated heterocycles. The number of aromatic nitrogens is 2. The van der Waals surface area contributed by atoms with Crippen molar-refractivity contribution in [1.82, 2.24) is 20.2 Å². The fraction of sp³-hybridized carbons (Fsp3) is 0.357. The van der Waals surface area contributed by atoms with Crippen LogP contribution in [0.3, 0.4) is 0 Å². The lowest BCUT2D eigenvalue weighted by Gasteiger charge is -2.37. The molecule has 4 heterocycles.